The Hall–Kier alpha value is -6.76. The van der Waals surface area contributed by atoms with Crippen LogP contribution in [0, 0.1) is 0 Å². The van der Waals surface area contributed by atoms with Gasteiger partial charge in [0.05, 0.1) is 0 Å². The van der Waals surface area contributed by atoms with Crippen LogP contribution in [0.1, 0.15) is 0 Å². The average Bonchev–Trinajstić information content (AvgIpc) is 3.72. The molecular weight excluding hydrogens is 625 g/mol. The first-order chi connectivity index (χ1) is 25.8. The van der Waals surface area contributed by atoms with Gasteiger partial charge in [0.25, 0.3) is 0 Å². The molecule has 12 aromatic carbocycles. The van der Waals surface area contributed by atoms with Gasteiger partial charge in [-0.15, -0.1) is 0 Å². The maximum atomic E-state index is 2.52. The van der Waals surface area contributed by atoms with Gasteiger partial charge in [0, 0.05) is 0 Å². The molecule has 0 heterocycles. The second kappa shape index (κ2) is 10.4. The standard InChI is InChI=1S/C52H30/c1-3-15-32(16-4-1)46-45-30-44-37-22-10-9-21-36(37)39-24-12-26-41(49(39)44)50(45)47(33-17-5-2-6-18-33)52-42-27-13-25-40-38(28-29-43(48(40)42)51(46)52)35-23-11-19-31-14-7-8-20-34(31)35/h1-30H. The van der Waals surface area contributed by atoms with E-state index in [0.717, 1.165) is 0 Å². The van der Waals surface area contributed by atoms with Gasteiger partial charge in [-0.25, -0.2) is 0 Å². The third-order valence-corrected chi connectivity index (χ3v) is 11.7. The van der Waals surface area contributed by atoms with Gasteiger partial charge in [-0.2, -0.15) is 0 Å². The van der Waals surface area contributed by atoms with E-state index in [1.165, 1.54) is 120 Å². The number of hydrogen-bond donors (Lipinski definition) is 0. The number of rotatable bonds is 3. The van der Waals surface area contributed by atoms with Crippen LogP contribution in [0.25, 0.3) is 120 Å². The van der Waals surface area contributed by atoms with E-state index in [4.69, 9.17) is 0 Å². The van der Waals surface area contributed by atoms with Crippen LogP contribution in [0.4, 0.5) is 0 Å². The van der Waals surface area contributed by atoms with Gasteiger partial charge in [0.1, 0.15) is 0 Å². The topological polar surface area (TPSA) is 0 Å². The first-order valence-corrected chi connectivity index (χ1v) is 18.2. The molecule has 0 N–H and O–H groups in total. The summed E-state index contributed by atoms with van der Waals surface area (Å²) in [6, 6.07) is 67.9. The van der Waals surface area contributed by atoms with Crippen LogP contribution in [0.3, 0.4) is 0 Å². The molecular formula is C52H30. The van der Waals surface area contributed by atoms with Crippen LogP contribution in [-0.2, 0) is 0 Å². The summed E-state index contributed by atoms with van der Waals surface area (Å²) in [4.78, 5) is 0. The van der Waals surface area contributed by atoms with Gasteiger partial charge in [-0.3, -0.25) is 0 Å². The fourth-order valence-corrected chi connectivity index (χ4v) is 9.71. The first kappa shape index (κ1) is 28.0. The van der Waals surface area contributed by atoms with Gasteiger partial charge in [-0.1, -0.05) is 176 Å². The monoisotopic (exact) mass is 654 g/mol. The van der Waals surface area contributed by atoms with Crippen LogP contribution >= 0.6 is 0 Å². The van der Waals surface area contributed by atoms with Crippen molar-refractivity contribution in [3.63, 3.8) is 0 Å². The molecule has 0 fully saturated rings. The molecule has 0 saturated heterocycles. The summed E-state index contributed by atoms with van der Waals surface area (Å²) in [5, 5.41) is 21.1. The van der Waals surface area contributed by atoms with Crippen molar-refractivity contribution < 1.29 is 0 Å². The van der Waals surface area contributed by atoms with E-state index in [-0.39, 0.29) is 0 Å². The molecule has 12 rings (SSSR count). The van der Waals surface area contributed by atoms with Crippen molar-refractivity contribution >= 4 is 86.2 Å². The molecule has 0 radical (unpaired) electrons. The number of fused-ring (bicyclic) bond motifs is 9. The molecule has 0 heteroatoms. The molecule has 0 amide bonds. The Morgan fingerprint density at radius 3 is 1.46 bits per heavy atom. The zero-order valence-electron chi connectivity index (χ0n) is 28.3. The predicted molar refractivity (Wildman–Crippen MR) is 225 cm³/mol. The molecule has 0 spiro atoms. The fourth-order valence-electron chi connectivity index (χ4n) is 9.71. The average molecular weight is 655 g/mol. The molecule has 0 atom stereocenters. The molecule has 0 nitrogen and oxygen atoms in total. The van der Waals surface area contributed by atoms with E-state index < -0.39 is 0 Å². The maximum absolute atomic E-state index is 2.52. The second-order valence-electron chi connectivity index (χ2n) is 14.3. The minimum Gasteiger partial charge on any atom is -0.0622 e. The molecule has 0 aliphatic heterocycles. The third-order valence-electron chi connectivity index (χ3n) is 11.7. The van der Waals surface area contributed by atoms with E-state index in [0.29, 0.717) is 0 Å². The van der Waals surface area contributed by atoms with Gasteiger partial charge < -0.3 is 0 Å². The molecule has 0 unspecified atom stereocenters. The molecule has 52 heavy (non-hydrogen) atoms. The van der Waals surface area contributed by atoms with Crippen molar-refractivity contribution in [2.45, 2.75) is 0 Å². The molecule has 0 aliphatic rings. The second-order valence-corrected chi connectivity index (χ2v) is 14.3. The third kappa shape index (κ3) is 3.61. The Balaban J connectivity index is 1.37. The maximum Gasteiger partial charge on any atom is -0.000719 e. The van der Waals surface area contributed by atoms with Crippen molar-refractivity contribution in [1.29, 1.82) is 0 Å². The summed E-state index contributed by atoms with van der Waals surface area (Å²) < 4.78 is 0. The first-order valence-electron chi connectivity index (χ1n) is 18.2. The lowest BCUT2D eigenvalue weighted by Gasteiger charge is -2.19. The summed E-state index contributed by atoms with van der Waals surface area (Å²) in [5.41, 5.74) is 7.68. The quantitative estimate of drug-likeness (QED) is 0.166. The van der Waals surface area contributed by atoms with Crippen molar-refractivity contribution in [2.24, 2.45) is 0 Å². The highest BCUT2D eigenvalue weighted by atomic mass is 14.3. The Labute approximate surface area is 300 Å². The molecule has 0 aliphatic carbocycles. The van der Waals surface area contributed by atoms with E-state index >= 15 is 0 Å². The summed E-state index contributed by atoms with van der Waals surface area (Å²) in [5.74, 6) is 0. The van der Waals surface area contributed by atoms with Crippen molar-refractivity contribution in [2.75, 3.05) is 0 Å². The summed E-state index contributed by atoms with van der Waals surface area (Å²) in [7, 11) is 0. The fraction of sp³-hybridized carbons (Fsp3) is 0. The molecule has 238 valence electrons. The zero-order chi connectivity index (χ0) is 33.9. The summed E-state index contributed by atoms with van der Waals surface area (Å²) in [6.07, 6.45) is 0. The van der Waals surface area contributed by atoms with Gasteiger partial charge >= 0.3 is 0 Å². The SMILES string of the molecule is c1ccc(-c2c3cc4c5ccccc5c5cccc(c3c(-c3ccccc3)c3c6cccc7c(-c8cccc9ccccc89)ccc(c23)c76)c54)cc1. The van der Waals surface area contributed by atoms with Gasteiger partial charge in [0.15, 0.2) is 0 Å². The van der Waals surface area contributed by atoms with E-state index in [2.05, 4.69) is 182 Å². The van der Waals surface area contributed by atoms with Crippen molar-refractivity contribution in [3.8, 4) is 33.4 Å². The van der Waals surface area contributed by atoms with E-state index in [1.54, 1.807) is 0 Å². The Bertz CT molecular complexity index is 3370. The lowest BCUT2D eigenvalue weighted by molar-refractivity contribution is 1.68. The normalized spacial score (nSPS) is 12.2. The minimum atomic E-state index is 1.25. The number of hydrogen-bond acceptors (Lipinski definition) is 0. The largest absolute Gasteiger partial charge is 0.0622 e. The molecule has 0 aromatic heterocycles. The molecule has 12 aromatic rings. The highest BCUT2D eigenvalue weighted by Gasteiger charge is 2.27. The Morgan fingerprint density at radius 2 is 0.692 bits per heavy atom. The van der Waals surface area contributed by atoms with Crippen LogP contribution in [0.5, 0.6) is 0 Å². The lowest BCUT2D eigenvalue weighted by atomic mass is 9.84. The van der Waals surface area contributed by atoms with Crippen molar-refractivity contribution in [3.05, 3.63) is 182 Å². The Morgan fingerprint density at radius 1 is 0.212 bits per heavy atom. The smallest absolute Gasteiger partial charge is 0.000719 e. The van der Waals surface area contributed by atoms with Crippen LogP contribution in [0.2, 0.25) is 0 Å². The van der Waals surface area contributed by atoms with Crippen molar-refractivity contribution in [1.82, 2.24) is 0 Å². The van der Waals surface area contributed by atoms with E-state index in [1.807, 2.05) is 0 Å². The highest BCUT2D eigenvalue weighted by molar-refractivity contribution is 6.45. The summed E-state index contributed by atoms with van der Waals surface area (Å²) in [6.45, 7) is 0. The molecule has 0 bridgehead atoms. The summed E-state index contributed by atoms with van der Waals surface area (Å²) >= 11 is 0. The van der Waals surface area contributed by atoms with Crippen LogP contribution in [-0.4, -0.2) is 0 Å². The van der Waals surface area contributed by atoms with E-state index in [9.17, 15) is 0 Å². The van der Waals surface area contributed by atoms with Gasteiger partial charge in [-0.05, 0) is 126 Å². The highest BCUT2D eigenvalue weighted by Crippen LogP contribution is 2.55. The lowest BCUT2D eigenvalue weighted by Crippen LogP contribution is -1.91. The molecule has 0 saturated carbocycles. The van der Waals surface area contributed by atoms with Gasteiger partial charge in [0.2, 0.25) is 0 Å². The van der Waals surface area contributed by atoms with Crippen LogP contribution in [0.15, 0.2) is 182 Å². The minimum absolute atomic E-state index is 1.25. The van der Waals surface area contributed by atoms with Crippen LogP contribution < -0.4 is 0 Å². The zero-order valence-corrected chi connectivity index (χ0v) is 28.3. The predicted octanol–water partition coefficient (Wildman–Crippen LogP) is 14.8. The Kier molecular flexibility index (Phi) is 5.59. The number of benzene rings is 10.